The quantitative estimate of drug-likeness (QED) is 0.855. The third-order valence-electron chi connectivity index (χ3n) is 4.70. The van der Waals surface area contributed by atoms with Crippen molar-refractivity contribution >= 4 is 5.82 Å². The van der Waals surface area contributed by atoms with E-state index in [9.17, 15) is 0 Å². The highest BCUT2D eigenvalue weighted by Gasteiger charge is 2.26. The molecule has 0 bridgehead atoms. The fourth-order valence-corrected chi connectivity index (χ4v) is 3.50. The molecule has 2 fully saturated rings. The molecule has 0 radical (unpaired) electrons. The molecule has 0 N–H and O–H groups in total. The highest BCUT2D eigenvalue weighted by Crippen LogP contribution is 2.32. The average Bonchev–Trinajstić information content (AvgIpc) is 2.56. The average molecular weight is 289 g/mol. The first-order chi connectivity index (χ1) is 10.3. The van der Waals surface area contributed by atoms with Crippen LogP contribution in [0.2, 0.25) is 0 Å². The fraction of sp³-hybridized carbons (Fsp3) is 0.706. The molecule has 0 amide bonds. The van der Waals surface area contributed by atoms with Crippen LogP contribution in [0, 0.1) is 0 Å². The SMILES string of the molecule is CC(C)N1CCCCC1c1ccc(N2CCOCC2)nc1. The number of nitrogens with zero attached hydrogens (tertiary/aromatic N) is 3. The summed E-state index contributed by atoms with van der Waals surface area (Å²) >= 11 is 0. The van der Waals surface area contributed by atoms with Gasteiger partial charge in [0.05, 0.1) is 13.2 Å². The maximum Gasteiger partial charge on any atom is 0.128 e. The summed E-state index contributed by atoms with van der Waals surface area (Å²) in [5.74, 6) is 1.09. The Morgan fingerprint density at radius 3 is 2.62 bits per heavy atom. The van der Waals surface area contributed by atoms with E-state index in [0.717, 1.165) is 32.1 Å². The van der Waals surface area contributed by atoms with E-state index >= 15 is 0 Å². The zero-order valence-electron chi connectivity index (χ0n) is 13.3. The van der Waals surface area contributed by atoms with Crippen molar-refractivity contribution in [1.29, 1.82) is 0 Å². The highest BCUT2D eigenvalue weighted by molar-refractivity contribution is 5.40. The summed E-state index contributed by atoms with van der Waals surface area (Å²) in [5.41, 5.74) is 1.38. The Hall–Kier alpha value is -1.13. The molecule has 0 aromatic carbocycles. The summed E-state index contributed by atoms with van der Waals surface area (Å²) in [6, 6.07) is 5.62. The number of anilines is 1. The number of aromatic nitrogens is 1. The number of piperidine rings is 1. The van der Waals surface area contributed by atoms with Gasteiger partial charge in [-0.25, -0.2) is 4.98 Å². The number of hydrogen-bond donors (Lipinski definition) is 0. The lowest BCUT2D eigenvalue weighted by atomic mass is 9.95. The molecule has 1 aromatic heterocycles. The fourth-order valence-electron chi connectivity index (χ4n) is 3.50. The molecule has 0 spiro atoms. The van der Waals surface area contributed by atoms with Crippen LogP contribution in [0.4, 0.5) is 5.82 Å². The normalized spacial score (nSPS) is 24.5. The second-order valence-corrected chi connectivity index (χ2v) is 6.39. The summed E-state index contributed by atoms with van der Waals surface area (Å²) in [4.78, 5) is 9.65. The van der Waals surface area contributed by atoms with Crippen molar-refractivity contribution < 1.29 is 4.74 Å². The molecule has 4 nitrogen and oxygen atoms in total. The monoisotopic (exact) mass is 289 g/mol. The number of ether oxygens (including phenoxy) is 1. The van der Waals surface area contributed by atoms with Gasteiger partial charge in [0.1, 0.15) is 5.82 Å². The third kappa shape index (κ3) is 3.38. The van der Waals surface area contributed by atoms with Crippen molar-refractivity contribution in [2.45, 2.75) is 45.2 Å². The predicted octanol–water partition coefficient (Wildman–Crippen LogP) is 2.85. The van der Waals surface area contributed by atoms with E-state index in [1.165, 1.54) is 31.4 Å². The van der Waals surface area contributed by atoms with Crippen molar-refractivity contribution in [1.82, 2.24) is 9.88 Å². The van der Waals surface area contributed by atoms with E-state index in [4.69, 9.17) is 9.72 Å². The van der Waals surface area contributed by atoms with Gasteiger partial charge in [-0.1, -0.05) is 12.5 Å². The lowest BCUT2D eigenvalue weighted by molar-refractivity contribution is 0.112. The van der Waals surface area contributed by atoms with Crippen molar-refractivity contribution in [2.24, 2.45) is 0 Å². The van der Waals surface area contributed by atoms with Gasteiger partial charge < -0.3 is 9.64 Å². The van der Waals surface area contributed by atoms with Crippen molar-refractivity contribution in [3.63, 3.8) is 0 Å². The second kappa shape index (κ2) is 6.75. The molecule has 21 heavy (non-hydrogen) atoms. The van der Waals surface area contributed by atoms with Crippen LogP contribution in [-0.2, 0) is 4.74 Å². The van der Waals surface area contributed by atoms with Crippen molar-refractivity contribution in [3.8, 4) is 0 Å². The topological polar surface area (TPSA) is 28.6 Å². The molecule has 2 saturated heterocycles. The zero-order chi connectivity index (χ0) is 14.7. The maximum atomic E-state index is 5.40. The Morgan fingerprint density at radius 2 is 1.95 bits per heavy atom. The van der Waals surface area contributed by atoms with E-state index in [2.05, 4.69) is 42.0 Å². The van der Waals surface area contributed by atoms with Crippen molar-refractivity contribution in [2.75, 3.05) is 37.7 Å². The summed E-state index contributed by atoms with van der Waals surface area (Å²) in [6.07, 6.45) is 6.01. The van der Waals surface area contributed by atoms with Gasteiger partial charge in [0.25, 0.3) is 0 Å². The Bertz CT molecular complexity index is 440. The van der Waals surface area contributed by atoms with Gasteiger partial charge in [0, 0.05) is 31.4 Å². The number of morpholine rings is 1. The van der Waals surface area contributed by atoms with Crippen molar-refractivity contribution in [3.05, 3.63) is 23.9 Å². The van der Waals surface area contributed by atoms with Gasteiger partial charge in [0.2, 0.25) is 0 Å². The minimum Gasteiger partial charge on any atom is -0.378 e. The van der Waals surface area contributed by atoms with Gasteiger partial charge >= 0.3 is 0 Å². The van der Waals surface area contributed by atoms with E-state index in [1.54, 1.807) is 0 Å². The molecular weight excluding hydrogens is 262 g/mol. The molecule has 1 unspecified atom stereocenters. The molecule has 0 aliphatic carbocycles. The van der Waals surface area contributed by atoms with Crippen LogP contribution in [0.1, 0.15) is 44.7 Å². The van der Waals surface area contributed by atoms with Gasteiger partial charge in [-0.15, -0.1) is 0 Å². The molecule has 4 heteroatoms. The van der Waals surface area contributed by atoms with Crippen LogP contribution in [0.3, 0.4) is 0 Å². The second-order valence-electron chi connectivity index (χ2n) is 6.39. The van der Waals surface area contributed by atoms with E-state index in [-0.39, 0.29) is 0 Å². The zero-order valence-corrected chi connectivity index (χ0v) is 13.3. The third-order valence-corrected chi connectivity index (χ3v) is 4.70. The lowest BCUT2D eigenvalue weighted by Gasteiger charge is -2.39. The summed E-state index contributed by atoms with van der Waals surface area (Å²) in [5, 5.41) is 0. The first-order valence-electron chi connectivity index (χ1n) is 8.30. The molecule has 3 rings (SSSR count). The molecule has 2 aliphatic rings. The number of hydrogen-bond acceptors (Lipinski definition) is 4. The van der Waals surface area contributed by atoms with Gasteiger partial charge in [-0.2, -0.15) is 0 Å². The maximum absolute atomic E-state index is 5.40. The van der Waals surface area contributed by atoms with Crippen LogP contribution < -0.4 is 4.90 Å². The lowest BCUT2D eigenvalue weighted by Crippen LogP contribution is -2.39. The van der Waals surface area contributed by atoms with Gasteiger partial charge in [-0.3, -0.25) is 4.90 Å². The summed E-state index contributed by atoms with van der Waals surface area (Å²) in [7, 11) is 0. The van der Waals surface area contributed by atoms with Crippen LogP contribution in [0.25, 0.3) is 0 Å². The molecule has 116 valence electrons. The standard InChI is InChI=1S/C17H27N3O/c1-14(2)20-8-4-3-5-16(20)15-6-7-17(18-13-15)19-9-11-21-12-10-19/h6-7,13-14,16H,3-5,8-12H2,1-2H3. The van der Waals surface area contributed by atoms with E-state index < -0.39 is 0 Å². The number of pyridine rings is 1. The van der Waals surface area contributed by atoms with Crippen LogP contribution in [-0.4, -0.2) is 48.8 Å². The van der Waals surface area contributed by atoms with Crippen LogP contribution in [0.5, 0.6) is 0 Å². The van der Waals surface area contributed by atoms with Gasteiger partial charge in [-0.05, 0) is 44.9 Å². The molecule has 0 saturated carbocycles. The van der Waals surface area contributed by atoms with E-state index in [1.807, 2.05) is 0 Å². The van der Waals surface area contributed by atoms with Crippen LogP contribution >= 0.6 is 0 Å². The highest BCUT2D eigenvalue weighted by atomic mass is 16.5. The largest absolute Gasteiger partial charge is 0.378 e. The summed E-state index contributed by atoms with van der Waals surface area (Å²) in [6.45, 7) is 9.34. The molecule has 2 aliphatic heterocycles. The van der Waals surface area contributed by atoms with Crippen LogP contribution in [0.15, 0.2) is 18.3 Å². The smallest absolute Gasteiger partial charge is 0.128 e. The molecule has 1 aromatic rings. The van der Waals surface area contributed by atoms with Gasteiger partial charge in [0.15, 0.2) is 0 Å². The number of rotatable bonds is 3. The minimum absolute atomic E-state index is 0.546. The Balaban J connectivity index is 1.73. The Morgan fingerprint density at radius 1 is 1.14 bits per heavy atom. The Kier molecular flexibility index (Phi) is 4.76. The molecular formula is C17H27N3O. The minimum atomic E-state index is 0.546. The first-order valence-corrected chi connectivity index (χ1v) is 8.30. The molecule has 1 atom stereocenters. The molecule has 3 heterocycles. The first kappa shape index (κ1) is 14.8. The number of likely N-dealkylation sites (tertiary alicyclic amines) is 1. The summed E-state index contributed by atoms with van der Waals surface area (Å²) < 4.78 is 5.40. The predicted molar refractivity (Wildman–Crippen MR) is 85.7 cm³/mol. The Labute approximate surface area is 128 Å². The van der Waals surface area contributed by atoms with E-state index in [0.29, 0.717) is 12.1 Å².